The summed E-state index contributed by atoms with van der Waals surface area (Å²) in [5.74, 6) is -0.616. The monoisotopic (exact) mass is 356 g/mol. The molecular formula is C13H9F5O4S. The number of ether oxygens (including phenoxy) is 1. The highest BCUT2D eigenvalue weighted by atomic mass is 32.2. The zero-order chi connectivity index (χ0) is 17.5. The number of fused-ring (bicyclic) bond motifs is 1. The van der Waals surface area contributed by atoms with E-state index in [9.17, 15) is 30.4 Å². The van der Waals surface area contributed by atoms with Crippen molar-refractivity contribution in [3.63, 3.8) is 0 Å². The van der Waals surface area contributed by atoms with Crippen LogP contribution < -0.4 is 4.74 Å². The molecule has 2 rings (SSSR count). The average molecular weight is 356 g/mol. The van der Waals surface area contributed by atoms with E-state index in [1.807, 2.05) is 0 Å². The first-order chi connectivity index (χ1) is 10.4. The van der Waals surface area contributed by atoms with Crippen molar-refractivity contribution >= 4 is 20.9 Å². The Bertz CT molecular complexity index is 816. The van der Waals surface area contributed by atoms with Crippen LogP contribution in [-0.4, -0.2) is 30.5 Å². The molecule has 0 spiro atoms. The molecule has 0 fully saturated rings. The maximum Gasteiger partial charge on any atom is 0.432 e. The molecule has 0 radical (unpaired) electrons. The first kappa shape index (κ1) is 17.4. The van der Waals surface area contributed by atoms with Gasteiger partial charge in [0.15, 0.2) is 0 Å². The highest BCUT2D eigenvalue weighted by Crippen LogP contribution is 2.39. The van der Waals surface area contributed by atoms with E-state index in [1.165, 1.54) is 12.1 Å². The van der Waals surface area contributed by atoms with Gasteiger partial charge in [-0.2, -0.15) is 30.4 Å². The fourth-order valence-electron chi connectivity index (χ4n) is 1.84. The molecule has 126 valence electrons. The summed E-state index contributed by atoms with van der Waals surface area (Å²) in [6.07, 6.45) is -9.78. The number of alkyl halides is 5. The molecule has 0 saturated carbocycles. The van der Waals surface area contributed by atoms with Crippen LogP contribution in [0.1, 0.15) is 0 Å². The van der Waals surface area contributed by atoms with Crippen molar-refractivity contribution in [1.82, 2.24) is 0 Å². The molecule has 0 aromatic heterocycles. The lowest BCUT2D eigenvalue weighted by molar-refractivity contribution is -0.238. The van der Waals surface area contributed by atoms with Gasteiger partial charge in [0.05, 0.1) is 0 Å². The summed E-state index contributed by atoms with van der Waals surface area (Å²) in [5.41, 5.74) is 0. The van der Waals surface area contributed by atoms with Crippen molar-refractivity contribution in [3.05, 3.63) is 42.5 Å². The second-order valence-corrected chi connectivity index (χ2v) is 6.08. The highest BCUT2D eigenvalue weighted by Gasteiger charge is 2.65. The molecule has 1 N–H and O–H groups in total. The van der Waals surface area contributed by atoms with Crippen LogP contribution in [0.2, 0.25) is 0 Å². The smallest absolute Gasteiger partial charge is 0.432 e. The van der Waals surface area contributed by atoms with Crippen LogP contribution >= 0.6 is 0 Å². The fraction of sp³-hybridized carbons (Fsp3) is 0.231. The van der Waals surface area contributed by atoms with Gasteiger partial charge in [0.25, 0.3) is 6.10 Å². The maximum atomic E-state index is 13.4. The van der Waals surface area contributed by atoms with Crippen molar-refractivity contribution in [3.8, 4) is 5.75 Å². The molecule has 0 aliphatic heterocycles. The molecule has 4 nitrogen and oxygen atoms in total. The molecule has 2 aromatic rings. The van der Waals surface area contributed by atoms with Crippen LogP contribution in [0.25, 0.3) is 10.8 Å². The summed E-state index contributed by atoms with van der Waals surface area (Å²) < 4.78 is 98.8. The summed E-state index contributed by atoms with van der Waals surface area (Å²) >= 11 is 0. The van der Waals surface area contributed by atoms with E-state index in [4.69, 9.17) is 4.55 Å². The molecule has 2 aromatic carbocycles. The normalized spacial score (nSPS) is 14.7. The minimum atomic E-state index is -6.33. The molecule has 1 unspecified atom stereocenters. The zero-order valence-electron chi connectivity index (χ0n) is 11.1. The number of benzene rings is 2. The van der Waals surface area contributed by atoms with E-state index in [1.54, 1.807) is 18.2 Å². The Hall–Kier alpha value is -1.94. The van der Waals surface area contributed by atoms with E-state index < -0.39 is 33.4 Å². The molecule has 0 amide bonds. The average Bonchev–Trinajstić information content (AvgIpc) is 2.42. The Morgan fingerprint density at radius 2 is 1.52 bits per heavy atom. The minimum absolute atomic E-state index is 0.404. The Labute approximate surface area is 127 Å². The van der Waals surface area contributed by atoms with Gasteiger partial charge in [-0.1, -0.05) is 30.3 Å². The lowest BCUT2D eigenvalue weighted by Gasteiger charge is -2.27. The maximum absolute atomic E-state index is 13.4. The van der Waals surface area contributed by atoms with Crippen molar-refractivity contribution in [2.24, 2.45) is 0 Å². The van der Waals surface area contributed by atoms with Gasteiger partial charge < -0.3 is 4.74 Å². The fourth-order valence-corrected chi connectivity index (χ4v) is 2.29. The van der Waals surface area contributed by atoms with E-state index in [0.29, 0.717) is 10.8 Å². The van der Waals surface area contributed by atoms with Gasteiger partial charge in [-0.05, 0) is 22.9 Å². The molecule has 1 atom stereocenters. The molecule has 0 heterocycles. The standard InChI is InChI=1S/C13H9F5O4S/c14-12(15,16)11(13(17,18)23(19,20)21)22-10-6-5-8-3-1-2-4-9(8)7-10/h1-7,11H,(H,19,20,21). The van der Waals surface area contributed by atoms with Crippen LogP contribution in [0.15, 0.2) is 42.5 Å². The third kappa shape index (κ3) is 3.53. The van der Waals surface area contributed by atoms with Gasteiger partial charge in [0.2, 0.25) is 0 Å². The van der Waals surface area contributed by atoms with Gasteiger partial charge in [0.1, 0.15) is 5.75 Å². The van der Waals surface area contributed by atoms with Gasteiger partial charge in [-0.3, -0.25) is 4.55 Å². The number of hydrogen-bond acceptors (Lipinski definition) is 3. The Kier molecular flexibility index (Phi) is 4.24. The van der Waals surface area contributed by atoms with E-state index in [2.05, 4.69) is 4.74 Å². The van der Waals surface area contributed by atoms with Crippen molar-refractivity contribution in [1.29, 1.82) is 0 Å². The Balaban J connectivity index is 2.45. The van der Waals surface area contributed by atoms with Gasteiger partial charge in [0, 0.05) is 0 Å². The summed E-state index contributed by atoms with van der Waals surface area (Å²) in [5, 5.41) is -4.54. The highest BCUT2D eigenvalue weighted by molar-refractivity contribution is 7.86. The lowest BCUT2D eigenvalue weighted by atomic mass is 10.1. The first-order valence-electron chi connectivity index (χ1n) is 6.00. The Morgan fingerprint density at radius 3 is 2.04 bits per heavy atom. The van der Waals surface area contributed by atoms with Crippen LogP contribution in [0.4, 0.5) is 22.0 Å². The van der Waals surface area contributed by atoms with E-state index in [-0.39, 0.29) is 0 Å². The second-order valence-electron chi connectivity index (χ2n) is 4.59. The minimum Gasteiger partial charge on any atom is -0.473 e. The predicted molar refractivity (Wildman–Crippen MR) is 70.9 cm³/mol. The first-order valence-corrected chi connectivity index (χ1v) is 7.44. The molecule has 10 heteroatoms. The van der Waals surface area contributed by atoms with Crippen molar-refractivity contribution in [2.45, 2.75) is 17.5 Å². The third-order valence-electron chi connectivity index (χ3n) is 2.92. The molecule has 0 saturated heterocycles. The molecular weight excluding hydrogens is 347 g/mol. The molecule has 0 aliphatic carbocycles. The van der Waals surface area contributed by atoms with Crippen LogP contribution in [0.5, 0.6) is 5.75 Å². The quantitative estimate of drug-likeness (QED) is 0.671. The van der Waals surface area contributed by atoms with Gasteiger partial charge >= 0.3 is 21.5 Å². The number of halogens is 5. The molecule has 0 bridgehead atoms. The Morgan fingerprint density at radius 1 is 0.957 bits per heavy atom. The van der Waals surface area contributed by atoms with E-state index in [0.717, 1.165) is 12.1 Å². The zero-order valence-corrected chi connectivity index (χ0v) is 11.9. The second kappa shape index (κ2) is 5.60. The molecule has 23 heavy (non-hydrogen) atoms. The summed E-state index contributed by atoms with van der Waals surface area (Å²) in [6.45, 7) is 0. The van der Waals surface area contributed by atoms with Gasteiger partial charge in [-0.25, -0.2) is 0 Å². The lowest BCUT2D eigenvalue weighted by Crippen LogP contribution is -2.53. The van der Waals surface area contributed by atoms with Crippen molar-refractivity contribution in [2.75, 3.05) is 0 Å². The predicted octanol–water partition coefficient (Wildman–Crippen LogP) is 3.63. The number of hydrogen-bond donors (Lipinski definition) is 1. The number of rotatable bonds is 4. The summed E-state index contributed by atoms with van der Waals surface area (Å²) in [7, 11) is -6.33. The topological polar surface area (TPSA) is 63.6 Å². The van der Waals surface area contributed by atoms with E-state index >= 15 is 0 Å². The van der Waals surface area contributed by atoms with Gasteiger partial charge in [-0.15, -0.1) is 0 Å². The third-order valence-corrected chi connectivity index (χ3v) is 3.82. The van der Waals surface area contributed by atoms with Crippen LogP contribution in [0.3, 0.4) is 0 Å². The molecule has 0 aliphatic rings. The summed E-state index contributed by atoms with van der Waals surface area (Å²) in [4.78, 5) is 0. The van der Waals surface area contributed by atoms with Crippen LogP contribution in [0, 0.1) is 0 Å². The summed E-state index contributed by atoms with van der Waals surface area (Å²) in [6, 6.07) is 9.73. The van der Waals surface area contributed by atoms with Crippen LogP contribution in [-0.2, 0) is 10.1 Å². The largest absolute Gasteiger partial charge is 0.473 e. The van der Waals surface area contributed by atoms with Crippen molar-refractivity contribution < 1.29 is 39.7 Å². The SMILES string of the molecule is O=S(=O)(O)C(F)(F)C(Oc1ccc2ccccc2c1)C(F)(F)F.